The van der Waals surface area contributed by atoms with Gasteiger partial charge in [-0.15, -0.1) is 0 Å². The maximum Gasteiger partial charge on any atom is 0.337 e. The average molecular weight is 513 g/mol. The fourth-order valence-corrected chi connectivity index (χ4v) is 4.42. The van der Waals surface area contributed by atoms with Crippen LogP contribution in [0.3, 0.4) is 0 Å². The van der Waals surface area contributed by atoms with Gasteiger partial charge < -0.3 is 14.8 Å². The normalized spacial score (nSPS) is 11.1. The van der Waals surface area contributed by atoms with Crippen LogP contribution in [0.1, 0.15) is 21.5 Å². The smallest absolute Gasteiger partial charge is 0.337 e. The first-order valence-electron chi connectivity index (χ1n) is 12.3. The zero-order valence-corrected chi connectivity index (χ0v) is 21.2. The van der Waals surface area contributed by atoms with Gasteiger partial charge in [0.15, 0.2) is 0 Å². The summed E-state index contributed by atoms with van der Waals surface area (Å²) in [5, 5.41) is 16.7. The van der Waals surface area contributed by atoms with Crippen molar-refractivity contribution in [3.8, 4) is 11.8 Å². The number of methoxy groups -OCH3 is 1. The molecule has 1 N–H and O–H groups in total. The molecule has 0 saturated heterocycles. The third kappa shape index (κ3) is 5.48. The van der Waals surface area contributed by atoms with Gasteiger partial charge in [-0.25, -0.2) is 4.79 Å². The van der Waals surface area contributed by atoms with E-state index in [1.54, 1.807) is 30.3 Å². The summed E-state index contributed by atoms with van der Waals surface area (Å²) in [6.07, 6.45) is 1.55. The van der Waals surface area contributed by atoms with Crippen LogP contribution in [0.4, 0.5) is 5.69 Å². The van der Waals surface area contributed by atoms with Gasteiger partial charge in [0.25, 0.3) is 5.91 Å². The minimum absolute atomic E-state index is 0.0848. The molecule has 0 aromatic heterocycles. The molecular weight excluding hydrogens is 488 g/mol. The van der Waals surface area contributed by atoms with Crippen molar-refractivity contribution >= 4 is 45.2 Å². The second-order valence-electron chi connectivity index (χ2n) is 8.82. The van der Waals surface area contributed by atoms with Crippen molar-refractivity contribution in [3.63, 3.8) is 0 Å². The predicted octanol–water partition coefficient (Wildman–Crippen LogP) is 6.90. The van der Waals surface area contributed by atoms with Gasteiger partial charge in [-0.05, 0) is 63.5 Å². The number of esters is 1. The predicted molar refractivity (Wildman–Crippen MR) is 152 cm³/mol. The highest BCUT2D eigenvalue weighted by molar-refractivity contribution is 6.11. The topological polar surface area (TPSA) is 88.4 Å². The Kier molecular flexibility index (Phi) is 7.33. The van der Waals surface area contributed by atoms with Gasteiger partial charge in [0, 0.05) is 11.3 Å². The van der Waals surface area contributed by atoms with Crippen molar-refractivity contribution in [2.24, 2.45) is 0 Å². The molecule has 1 amide bonds. The van der Waals surface area contributed by atoms with E-state index in [0.29, 0.717) is 29.2 Å². The highest BCUT2D eigenvalue weighted by Crippen LogP contribution is 2.32. The summed E-state index contributed by atoms with van der Waals surface area (Å²) < 4.78 is 11.0. The summed E-state index contributed by atoms with van der Waals surface area (Å²) in [4.78, 5) is 24.7. The second kappa shape index (κ2) is 11.3. The summed E-state index contributed by atoms with van der Waals surface area (Å²) in [7, 11) is 1.30. The van der Waals surface area contributed by atoms with E-state index in [2.05, 4.69) is 23.5 Å². The number of hydrogen-bond acceptors (Lipinski definition) is 5. The molecule has 6 heteroatoms. The molecule has 0 unspecified atom stereocenters. The lowest BCUT2D eigenvalue weighted by Crippen LogP contribution is -2.13. The van der Waals surface area contributed by atoms with Crippen LogP contribution in [0.25, 0.3) is 27.6 Å². The molecule has 5 rings (SSSR count). The Hall–Kier alpha value is -5.41. The van der Waals surface area contributed by atoms with E-state index in [4.69, 9.17) is 9.47 Å². The standard InChI is InChI=1S/C33H24N2O4/c1-38-33(37)24-13-16-27(17-14-24)35-32(36)26(20-34)19-30-29-12-5-3-8-23(29)15-18-31(30)39-21-25-10-6-9-22-7-2-4-11-28(22)25/h2-19H,21H2,1H3,(H,35,36)/b26-19+. The molecule has 0 saturated carbocycles. The van der Waals surface area contributed by atoms with Crippen LogP contribution in [-0.4, -0.2) is 19.0 Å². The van der Waals surface area contributed by atoms with Crippen molar-refractivity contribution in [3.05, 3.63) is 125 Å². The van der Waals surface area contributed by atoms with Crippen LogP contribution in [0, 0.1) is 11.3 Å². The molecule has 0 atom stereocenters. The monoisotopic (exact) mass is 512 g/mol. The van der Waals surface area contributed by atoms with Crippen molar-refractivity contribution < 1.29 is 19.1 Å². The molecule has 5 aromatic carbocycles. The van der Waals surface area contributed by atoms with E-state index in [-0.39, 0.29) is 5.57 Å². The first kappa shape index (κ1) is 25.2. The van der Waals surface area contributed by atoms with Crippen LogP contribution >= 0.6 is 0 Å². The maximum absolute atomic E-state index is 13.1. The molecule has 6 nitrogen and oxygen atoms in total. The molecule has 0 aliphatic heterocycles. The Bertz CT molecular complexity index is 1760. The lowest BCUT2D eigenvalue weighted by molar-refractivity contribution is -0.112. The van der Waals surface area contributed by atoms with Crippen molar-refractivity contribution in [1.29, 1.82) is 5.26 Å². The Morgan fingerprint density at radius 1 is 0.821 bits per heavy atom. The molecule has 0 fully saturated rings. The number of amides is 1. The Labute approximate surface area is 225 Å². The highest BCUT2D eigenvalue weighted by Gasteiger charge is 2.15. The summed E-state index contributed by atoms with van der Waals surface area (Å²) in [5.74, 6) is -0.488. The molecule has 5 aromatic rings. The molecule has 190 valence electrons. The quantitative estimate of drug-likeness (QED) is 0.146. The number of ether oxygens (including phenoxy) is 2. The number of benzene rings is 5. The largest absolute Gasteiger partial charge is 0.488 e. The lowest BCUT2D eigenvalue weighted by Gasteiger charge is -2.14. The molecule has 0 aliphatic carbocycles. The third-order valence-corrected chi connectivity index (χ3v) is 6.41. The summed E-state index contributed by atoms with van der Waals surface area (Å²) >= 11 is 0. The molecule has 39 heavy (non-hydrogen) atoms. The number of carbonyl (C=O) groups is 2. The zero-order valence-electron chi connectivity index (χ0n) is 21.2. The van der Waals surface area contributed by atoms with Gasteiger partial charge in [0.2, 0.25) is 0 Å². The first-order chi connectivity index (χ1) is 19.1. The van der Waals surface area contributed by atoms with E-state index in [1.807, 2.05) is 66.7 Å². The number of nitrogens with zero attached hydrogens (tertiary/aromatic N) is 1. The number of nitrogens with one attached hydrogen (secondary N) is 1. The fraction of sp³-hybridized carbons (Fsp3) is 0.0606. The van der Waals surface area contributed by atoms with Crippen LogP contribution in [0.2, 0.25) is 0 Å². The molecular formula is C33H24N2O4. The van der Waals surface area contributed by atoms with Crippen molar-refractivity contribution in [2.75, 3.05) is 12.4 Å². The van der Waals surface area contributed by atoms with Crippen LogP contribution in [0.15, 0.2) is 109 Å². The van der Waals surface area contributed by atoms with Crippen LogP contribution in [0.5, 0.6) is 5.75 Å². The van der Waals surface area contributed by atoms with Gasteiger partial charge in [0.1, 0.15) is 24.0 Å². The Morgan fingerprint density at radius 2 is 1.49 bits per heavy atom. The fourth-order valence-electron chi connectivity index (χ4n) is 4.42. The number of fused-ring (bicyclic) bond motifs is 2. The average Bonchev–Trinajstić information content (AvgIpc) is 2.99. The van der Waals surface area contributed by atoms with Gasteiger partial charge in [0.05, 0.1) is 12.7 Å². The van der Waals surface area contributed by atoms with Crippen LogP contribution < -0.4 is 10.1 Å². The molecule has 0 heterocycles. The number of anilines is 1. The van der Waals surface area contributed by atoms with Gasteiger partial charge in [-0.1, -0.05) is 72.8 Å². The molecule has 0 radical (unpaired) electrons. The minimum atomic E-state index is -0.573. The van der Waals surface area contributed by atoms with Crippen LogP contribution in [-0.2, 0) is 16.1 Å². The second-order valence-corrected chi connectivity index (χ2v) is 8.82. The maximum atomic E-state index is 13.1. The summed E-state index contributed by atoms with van der Waals surface area (Å²) in [5.41, 5.74) is 2.39. The number of rotatable bonds is 7. The number of carbonyl (C=O) groups excluding carboxylic acids is 2. The van der Waals surface area contributed by atoms with Crippen molar-refractivity contribution in [2.45, 2.75) is 6.61 Å². The van der Waals surface area contributed by atoms with E-state index in [1.165, 1.54) is 7.11 Å². The van der Waals surface area contributed by atoms with Crippen molar-refractivity contribution in [1.82, 2.24) is 0 Å². The number of nitriles is 1. The van der Waals surface area contributed by atoms with E-state index in [9.17, 15) is 14.9 Å². The van der Waals surface area contributed by atoms with E-state index in [0.717, 1.165) is 27.1 Å². The first-order valence-corrected chi connectivity index (χ1v) is 12.3. The minimum Gasteiger partial charge on any atom is -0.488 e. The molecule has 0 aliphatic rings. The summed E-state index contributed by atoms with van der Waals surface area (Å²) in [6, 6.07) is 34.0. The Morgan fingerprint density at radius 3 is 2.21 bits per heavy atom. The summed E-state index contributed by atoms with van der Waals surface area (Å²) in [6.45, 7) is 0.321. The number of hydrogen-bond donors (Lipinski definition) is 1. The SMILES string of the molecule is COC(=O)c1ccc(NC(=O)/C(C#N)=C/c2c(OCc3cccc4ccccc34)ccc3ccccc23)cc1. The van der Waals surface area contributed by atoms with E-state index < -0.39 is 11.9 Å². The van der Waals surface area contributed by atoms with Gasteiger partial charge >= 0.3 is 5.97 Å². The Balaban J connectivity index is 1.47. The lowest BCUT2D eigenvalue weighted by atomic mass is 10.0. The highest BCUT2D eigenvalue weighted by atomic mass is 16.5. The molecule has 0 spiro atoms. The van der Waals surface area contributed by atoms with Gasteiger partial charge in [-0.3, -0.25) is 4.79 Å². The van der Waals surface area contributed by atoms with Gasteiger partial charge in [-0.2, -0.15) is 5.26 Å². The van der Waals surface area contributed by atoms with E-state index >= 15 is 0 Å². The third-order valence-electron chi connectivity index (χ3n) is 6.41. The molecule has 0 bridgehead atoms. The zero-order chi connectivity index (χ0) is 27.2.